The number of carbonyl (C=O) groups excluding carboxylic acids is 1. The predicted molar refractivity (Wildman–Crippen MR) is 84.9 cm³/mol. The lowest BCUT2D eigenvalue weighted by Crippen LogP contribution is -2.08. The Balaban J connectivity index is 1.63. The van der Waals surface area contributed by atoms with Crippen molar-refractivity contribution in [1.29, 1.82) is 0 Å². The molecule has 0 aliphatic carbocycles. The minimum absolute atomic E-state index is 0.0629. The molecule has 0 spiro atoms. The first kappa shape index (κ1) is 16.2. The van der Waals surface area contributed by atoms with E-state index in [2.05, 4.69) is 15.5 Å². The van der Waals surface area contributed by atoms with Crippen LogP contribution in [0.2, 0.25) is 0 Å². The zero-order chi connectivity index (χ0) is 17.6. The van der Waals surface area contributed by atoms with Gasteiger partial charge < -0.3 is 13.9 Å². The third-order valence-corrected chi connectivity index (χ3v) is 3.02. The van der Waals surface area contributed by atoms with Crippen LogP contribution in [0, 0.1) is 10.1 Å². The quantitative estimate of drug-likeness (QED) is 0.495. The molecule has 3 rings (SSSR count). The molecule has 10 heteroatoms. The van der Waals surface area contributed by atoms with Crippen LogP contribution in [-0.4, -0.2) is 34.2 Å². The lowest BCUT2D eigenvalue weighted by Gasteiger charge is -2.11. The molecule has 2 aromatic rings. The number of aromatic nitrogens is 2. The largest absolute Gasteiger partial charge is 0.494 e. The van der Waals surface area contributed by atoms with E-state index in [1.807, 2.05) is 0 Å². The Morgan fingerprint density at radius 1 is 1.32 bits per heavy atom. The van der Waals surface area contributed by atoms with Crippen LogP contribution in [0.25, 0.3) is 11.8 Å². The fraction of sp³-hybridized carbons (Fsp3) is 0.133. The number of nitro benzene ring substituents is 1. The SMILES string of the molecule is O=C(C=Cc1cccc([N+](=O)[O-])c1)Nc1nnc(C2=COCCO2)o1. The molecular weight excluding hydrogens is 332 g/mol. The van der Waals surface area contributed by atoms with E-state index in [-0.39, 0.29) is 23.4 Å². The molecule has 1 N–H and O–H groups in total. The average molecular weight is 344 g/mol. The number of hydrogen-bond acceptors (Lipinski definition) is 8. The minimum Gasteiger partial charge on any atom is -0.494 e. The van der Waals surface area contributed by atoms with Crippen molar-refractivity contribution in [3.05, 3.63) is 58.2 Å². The van der Waals surface area contributed by atoms with Crippen molar-refractivity contribution < 1.29 is 23.6 Å². The van der Waals surface area contributed by atoms with Gasteiger partial charge in [0.25, 0.3) is 17.5 Å². The number of ether oxygens (including phenoxy) is 2. The van der Waals surface area contributed by atoms with E-state index in [0.29, 0.717) is 18.8 Å². The highest BCUT2D eigenvalue weighted by Gasteiger charge is 2.16. The smallest absolute Gasteiger partial charge is 0.322 e. The number of non-ortho nitro benzene ring substituents is 1. The summed E-state index contributed by atoms with van der Waals surface area (Å²) in [5.74, 6) is -0.166. The first-order valence-electron chi connectivity index (χ1n) is 7.14. The average Bonchev–Trinajstić information content (AvgIpc) is 3.09. The summed E-state index contributed by atoms with van der Waals surface area (Å²) in [5.41, 5.74) is 0.445. The van der Waals surface area contributed by atoms with Crippen LogP contribution in [0.4, 0.5) is 11.7 Å². The molecule has 2 heterocycles. The third kappa shape index (κ3) is 4.19. The van der Waals surface area contributed by atoms with Crippen molar-refractivity contribution in [2.75, 3.05) is 18.5 Å². The summed E-state index contributed by atoms with van der Waals surface area (Å²) in [5, 5.41) is 20.5. The molecule has 1 aromatic carbocycles. The lowest BCUT2D eigenvalue weighted by molar-refractivity contribution is -0.384. The number of nitrogens with zero attached hydrogens (tertiary/aromatic N) is 3. The van der Waals surface area contributed by atoms with E-state index < -0.39 is 10.8 Å². The second kappa shape index (κ2) is 7.25. The monoisotopic (exact) mass is 344 g/mol. The molecule has 0 atom stereocenters. The Morgan fingerprint density at radius 2 is 2.20 bits per heavy atom. The molecule has 10 nitrogen and oxygen atoms in total. The predicted octanol–water partition coefficient (Wildman–Crippen LogP) is 1.97. The Morgan fingerprint density at radius 3 is 2.96 bits per heavy atom. The van der Waals surface area contributed by atoms with Gasteiger partial charge in [-0.2, -0.15) is 0 Å². The van der Waals surface area contributed by atoms with E-state index in [1.54, 1.807) is 6.07 Å². The molecule has 0 saturated heterocycles. The molecule has 0 unspecified atom stereocenters. The van der Waals surface area contributed by atoms with Crippen molar-refractivity contribution in [2.24, 2.45) is 0 Å². The highest BCUT2D eigenvalue weighted by molar-refractivity contribution is 6.00. The molecule has 0 saturated carbocycles. The van der Waals surface area contributed by atoms with Gasteiger partial charge in [0.2, 0.25) is 5.76 Å². The molecule has 1 aromatic heterocycles. The van der Waals surface area contributed by atoms with Crippen molar-refractivity contribution >= 4 is 29.4 Å². The standard InChI is InChI=1S/C15H12N4O6/c20-13(5-4-10-2-1-3-11(8-10)19(21)22)16-15-18-17-14(25-15)12-9-23-6-7-24-12/h1-5,8-9H,6-7H2,(H,16,18,20). The maximum absolute atomic E-state index is 11.9. The second-order valence-corrected chi connectivity index (χ2v) is 4.79. The van der Waals surface area contributed by atoms with Gasteiger partial charge in [0.1, 0.15) is 19.5 Å². The summed E-state index contributed by atoms with van der Waals surface area (Å²) in [7, 11) is 0. The van der Waals surface area contributed by atoms with Gasteiger partial charge in [0.15, 0.2) is 0 Å². The maximum atomic E-state index is 11.9. The normalized spacial score (nSPS) is 13.7. The Labute approximate surface area is 140 Å². The molecule has 1 amide bonds. The van der Waals surface area contributed by atoms with Crippen LogP contribution in [0.1, 0.15) is 11.5 Å². The highest BCUT2D eigenvalue weighted by atomic mass is 16.6. The van der Waals surface area contributed by atoms with E-state index in [4.69, 9.17) is 13.9 Å². The van der Waals surface area contributed by atoms with E-state index in [1.165, 1.54) is 36.6 Å². The van der Waals surface area contributed by atoms with Crippen molar-refractivity contribution in [1.82, 2.24) is 10.2 Å². The van der Waals surface area contributed by atoms with E-state index in [0.717, 1.165) is 0 Å². The summed E-state index contributed by atoms with van der Waals surface area (Å²) in [6.45, 7) is 0.797. The summed E-state index contributed by atoms with van der Waals surface area (Å²) >= 11 is 0. The van der Waals surface area contributed by atoms with Crippen LogP contribution in [0.3, 0.4) is 0 Å². The van der Waals surface area contributed by atoms with E-state index >= 15 is 0 Å². The molecule has 25 heavy (non-hydrogen) atoms. The van der Waals surface area contributed by atoms with Gasteiger partial charge >= 0.3 is 6.01 Å². The number of anilines is 1. The fourth-order valence-electron chi connectivity index (χ4n) is 1.91. The van der Waals surface area contributed by atoms with E-state index in [9.17, 15) is 14.9 Å². The topological polar surface area (TPSA) is 130 Å². The summed E-state index contributed by atoms with van der Waals surface area (Å²) in [6.07, 6.45) is 3.98. The number of rotatable bonds is 5. The third-order valence-electron chi connectivity index (χ3n) is 3.02. The molecule has 128 valence electrons. The lowest BCUT2D eigenvalue weighted by atomic mass is 10.2. The van der Waals surface area contributed by atoms with Crippen LogP contribution in [0.5, 0.6) is 0 Å². The van der Waals surface area contributed by atoms with Gasteiger partial charge in [-0.05, 0) is 11.6 Å². The van der Waals surface area contributed by atoms with Gasteiger partial charge in [-0.15, -0.1) is 5.10 Å². The van der Waals surface area contributed by atoms with Crippen LogP contribution < -0.4 is 5.32 Å². The zero-order valence-electron chi connectivity index (χ0n) is 12.7. The van der Waals surface area contributed by atoms with Gasteiger partial charge in [-0.25, -0.2) is 0 Å². The Bertz CT molecular complexity index is 857. The van der Waals surface area contributed by atoms with Gasteiger partial charge in [-0.1, -0.05) is 17.2 Å². The summed E-state index contributed by atoms with van der Waals surface area (Å²) in [6, 6.07) is 5.76. The molecule has 1 aliphatic rings. The molecular formula is C15H12N4O6. The summed E-state index contributed by atoms with van der Waals surface area (Å²) in [4.78, 5) is 22.1. The first-order valence-corrected chi connectivity index (χ1v) is 7.14. The van der Waals surface area contributed by atoms with Crippen molar-refractivity contribution in [3.63, 3.8) is 0 Å². The number of nitro groups is 1. The molecule has 0 radical (unpaired) electrons. The van der Waals surface area contributed by atoms with Crippen LogP contribution >= 0.6 is 0 Å². The van der Waals surface area contributed by atoms with Crippen molar-refractivity contribution in [3.8, 4) is 0 Å². The molecule has 0 fully saturated rings. The number of benzene rings is 1. The van der Waals surface area contributed by atoms with Crippen LogP contribution in [-0.2, 0) is 14.3 Å². The number of nitrogens with one attached hydrogen (secondary N) is 1. The minimum atomic E-state index is -0.531. The Hall–Kier alpha value is -3.69. The van der Waals surface area contributed by atoms with Gasteiger partial charge in [0, 0.05) is 18.2 Å². The second-order valence-electron chi connectivity index (χ2n) is 4.79. The zero-order valence-corrected chi connectivity index (χ0v) is 12.7. The number of hydrogen-bond donors (Lipinski definition) is 1. The number of carbonyl (C=O) groups is 1. The summed E-state index contributed by atoms with van der Waals surface area (Å²) < 4.78 is 15.6. The number of amides is 1. The van der Waals surface area contributed by atoms with Crippen LogP contribution in [0.15, 0.2) is 41.0 Å². The molecule has 1 aliphatic heterocycles. The highest BCUT2D eigenvalue weighted by Crippen LogP contribution is 2.19. The van der Waals surface area contributed by atoms with Gasteiger partial charge in [-0.3, -0.25) is 20.2 Å². The van der Waals surface area contributed by atoms with Gasteiger partial charge in [0.05, 0.1) is 4.92 Å². The first-order chi connectivity index (χ1) is 12.1. The maximum Gasteiger partial charge on any atom is 0.322 e. The molecule has 0 bridgehead atoms. The Kier molecular flexibility index (Phi) is 4.69. The fourth-order valence-corrected chi connectivity index (χ4v) is 1.91. The van der Waals surface area contributed by atoms with Crippen molar-refractivity contribution in [2.45, 2.75) is 0 Å².